The van der Waals surface area contributed by atoms with Crippen LogP contribution < -0.4 is 4.72 Å². The number of thiophene rings is 1. The van der Waals surface area contributed by atoms with Crippen LogP contribution in [0.2, 0.25) is 0 Å². The summed E-state index contributed by atoms with van der Waals surface area (Å²) in [7, 11) is -3.49. The van der Waals surface area contributed by atoms with Crippen molar-refractivity contribution in [2.45, 2.75) is 29.5 Å². The highest BCUT2D eigenvalue weighted by molar-refractivity contribution is 7.91. The first-order valence-electron chi connectivity index (χ1n) is 5.76. The Balaban J connectivity index is 2.14. The van der Waals surface area contributed by atoms with E-state index in [2.05, 4.69) is 4.72 Å². The van der Waals surface area contributed by atoms with Crippen LogP contribution in [0.5, 0.6) is 0 Å². The van der Waals surface area contributed by atoms with Crippen molar-refractivity contribution in [1.29, 1.82) is 0 Å². The standard InChI is InChI=1S/C11H17NO4S2/c1-11(5-7-16-8-11)12-18(14,15)10-3-2-9(17-10)4-6-13/h2-3,12-13H,4-8H2,1H3. The van der Waals surface area contributed by atoms with E-state index in [0.717, 1.165) is 4.88 Å². The van der Waals surface area contributed by atoms with E-state index in [1.165, 1.54) is 11.3 Å². The van der Waals surface area contributed by atoms with E-state index < -0.39 is 15.6 Å². The van der Waals surface area contributed by atoms with Gasteiger partial charge in [-0.05, 0) is 25.5 Å². The maximum Gasteiger partial charge on any atom is 0.250 e. The lowest BCUT2D eigenvalue weighted by molar-refractivity contribution is 0.178. The fourth-order valence-electron chi connectivity index (χ4n) is 1.87. The molecule has 1 aliphatic rings. The topological polar surface area (TPSA) is 75.6 Å². The zero-order chi connectivity index (χ0) is 13.2. The van der Waals surface area contributed by atoms with Gasteiger partial charge in [0.2, 0.25) is 0 Å². The highest BCUT2D eigenvalue weighted by Crippen LogP contribution is 2.25. The molecule has 1 unspecified atom stereocenters. The lowest BCUT2D eigenvalue weighted by Crippen LogP contribution is -2.46. The van der Waals surface area contributed by atoms with Crippen LogP contribution in [0, 0.1) is 0 Å². The molecular weight excluding hydrogens is 274 g/mol. The molecular formula is C11H17NO4S2. The van der Waals surface area contributed by atoms with Gasteiger partial charge in [-0.2, -0.15) is 0 Å². The van der Waals surface area contributed by atoms with Crippen LogP contribution in [-0.4, -0.2) is 38.9 Å². The van der Waals surface area contributed by atoms with Crippen LogP contribution in [0.1, 0.15) is 18.2 Å². The zero-order valence-electron chi connectivity index (χ0n) is 10.2. The normalized spacial score (nSPS) is 24.6. The largest absolute Gasteiger partial charge is 0.396 e. The molecule has 0 spiro atoms. The van der Waals surface area contributed by atoms with Crippen LogP contribution >= 0.6 is 11.3 Å². The van der Waals surface area contributed by atoms with Crippen molar-refractivity contribution < 1.29 is 18.3 Å². The molecule has 1 aliphatic heterocycles. The van der Waals surface area contributed by atoms with Crippen LogP contribution in [0.4, 0.5) is 0 Å². The minimum absolute atomic E-state index is 0.0268. The van der Waals surface area contributed by atoms with Gasteiger partial charge in [-0.3, -0.25) is 0 Å². The molecule has 1 aromatic rings. The quantitative estimate of drug-likeness (QED) is 0.839. The second-order valence-electron chi connectivity index (χ2n) is 4.66. The SMILES string of the molecule is CC1(NS(=O)(=O)c2ccc(CCO)s2)CCOC1. The van der Waals surface area contributed by atoms with Crippen molar-refractivity contribution in [2.24, 2.45) is 0 Å². The second kappa shape index (κ2) is 5.26. The fraction of sp³-hybridized carbons (Fsp3) is 0.636. The van der Waals surface area contributed by atoms with E-state index in [0.29, 0.717) is 30.3 Å². The third-order valence-corrected chi connectivity index (χ3v) is 6.13. The van der Waals surface area contributed by atoms with Crippen LogP contribution in [0.3, 0.4) is 0 Å². The van der Waals surface area contributed by atoms with Crippen molar-refractivity contribution in [2.75, 3.05) is 19.8 Å². The first-order valence-corrected chi connectivity index (χ1v) is 8.06. The second-order valence-corrected chi connectivity index (χ2v) is 7.74. The number of hydrogen-bond acceptors (Lipinski definition) is 5. The molecule has 1 atom stereocenters. The lowest BCUT2D eigenvalue weighted by atomic mass is 10.0. The number of nitrogens with one attached hydrogen (secondary N) is 1. The van der Waals surface area contributed by atoms with Gasteiger partial charge in [0.1, 0.15) is 4.21 Å². The Morgan fingerprint density at radius 3 is 2.94 bits per heavy atom. The highest BCUT2D eigenvalue weighted by atomic mass is 32.2. The predicted octanol–water partition coefficient (Wildman–Crippen LogP) is 0.740. The molecule has 0 radical (unpaired) electrons. The summed E-state index contributed by atoms with van der Waals surface area (Å²) in [5.41, 5.74) is -0.514. The Morgan fingerprint density at radius 2 is 2.33 bits per heavy atom. The van der Waals surface area contributed by atoms with Crippen LogP contribution in [-0.2, 0) is 21.2 Å². The number of aliphatic hydroxyl groups is 1. The molecule has 18 heavy (non-hydrogen) atoms. The summed E-state index contributed by atoms with van der Waals surface area (Å²) in [5.74, 6) is 0. The van der Waals surface area contributed by atoms with E-state index in [1.54, 1.807) is 12.1 Å². The number of hydrogen-bond donors (Lipinski definition) is 2. The Labute approximate surface area is 111 Å². The van der Waals surface area contributed by atoms with Crippen molar-refractivity contribution in [3.05, 3.63) is 17.0 Å². The van der Waals surface area contributed by atoms with Crippen LogP contribution in [0.15, 0.2) is 16.3 Å². The third kappa shape index (κ3) is 3.10. The summed E-state index contributed by atoms with van der Waals surface area (Å²) >= 11 is 1.20. The van der Waals surface area contributed by atoms with Gasteiger partial charge in [-0.25, -0.2) is 13.1 Å². The third-order valence-electron chi connectivity index (χ3n) is 2.86. The van der Waals surface area contributed by atoms with Crippen molar-refractivity contribution >= 4 is 21.4 Å². The summed E-state index contributed by atoms with van der Waals surface area (Å²) < 4.78 is 32.6. The monoisotopic (exact) mass is 291 g/mol. The highest BCUT2D eigenvalue weighted by Gasteiger charge is 2.35. The molecule has 5 nitrogen and oxygen atoms in total. The van der Waals surface area contributed by atoms with E-state index in [1.807, 2.05) is 6.92 Å². The summed E-state index contributed by atoms with van der Waals surface area (Å²) in [4.78, 5) is 0.866. The minimum Gasteiger partial charge on any atom is -0.396 e. The van der Waals surface area contributed by atoms with E-state index in [4.69, 9.17) is 9.84 Å². The molecule has 2 heterocycles. The Morgan fingerprint density at radius 1 is 1.56 bits per heavy atom. The Kier molecular flexibility index (Phi) is 4.08. The number of ether oxygens (including phenoxy) is 1. The van der Waals surface area contributed by atoms with Gasteiger partial charge in [0, 0.05) is 24.5 Å². The fourth-order valence-corrected chi connectivity index (χ4v) is 4.64. The number of aliphatic hydroxyl groups excluding tert-OH is 1. The number of rotatable bonds is 5. The molecule has 0 amide bonds. The summed E-state index contributed by atoms with van der Waals surface area (Å²) in [5, 5.41) is 8.83. The van der Waals surface area contributed by atoms with Gasteiger partial charge in [-0.1, -0.05) is 0 Å². The minimum atomic E-state index is -3.49. The average Bonchev–Trinajstić information content (AvgIpc) is 2.87. The molecule has 2 rings (SSSR count). The number of sulfonamides is 1. The van der Waals surface area contributed by atoms with Gasteiger partial charge >= 0.3 is 0 Å². The van der Waals surface area contributed by atoms with Gasteiger partial charge < -0.3 is 9.84 Å². The molecule has 0 saturated carbocycles. The Hall–Kier alpha value is -0.470. The van der Waals surface area contributed by atoms with E-state index >= 15 is 0 Å². The Bertz CT molecular complexity index is 503. The summed E-state index contributed by atoms with van der Waals surface area (Å²) in [6.45, 7) is 2.86. The summed E-state index contributed by atoms with van der Waals surface area (Å²) in [6, 6.07) is 3.32. The van der Waals surface area contributed by atoms with Gasteiger partial charge in [0.25, 0.3) is 10.0 Å². The molecule has 2 N–H and O–H groups in total. The zero-order valence-corrected chi connectivity index (χ0v) is 11.8. The molecule has 1 fully saturated rings. The van der Waals surface area contributed by atoms with Gasteiger partial charge in [0.15, 0.2) is 0 Å². The lowest BCUT2D eigenvalue weighted by Gasteiger charge is -2.22. The van der Waals surface area contributed by atoms with Crippen molar-refractivity contribution in [1.82, 2.24) is 4.72 Å². The van der Waals surface area contributed by atoms with Crippen molar-refractivity contribution in [3.8, 4) is 0 Å². The van der Waals surface area contributed by atoms with Gasteiger partial charge in [0.05, 0.1) is 12.1 Å². The smallest absolute Gasteiger partial charge is 0.250 e. The molecule has 1 aromatic heterocycles. The van der Waals surface area contributed by atoms with Gasteiger partial charge in [-0.15, -0.1) is 11.3 Å². The van der Waals surface area contributed by atoms with Crippen molar-refractivity contribution in [3.63, 3.8) is 0 Å². The molecule has 7 heteroatoms. The summed E-state index contributed by atoms with van der Waals surface area (Å²) in [6.07, 6.45) is 1.17. The molecule has 1 saturated heterocycles. The molecule has 102 valence electrons. The van der Waals surface area contributed by atoms with E-state index in [-0.39, 0.29) is 6.61 Å². The maximum absolute atomic E-state index is 12.2. The first-order chi connectivity index (χ1) is 8.45. The maximum atomic E-state index is 12.2. The van der Waals surface area contributed by atoms with Crippen LogP contribution in [0.25, 0.3) is 0 Å². The average molecular weight is 291 g/mol. The van der Waals surface area contributed by atoms with E-state index in [9.17, 15) is 8.42 Å². The first kappa shape index (κ1) is 14.0. The molecule has 0 aliphatic carbocycles. The predicted molar refractivity (Wildman–Crippen MR) is 69.3 cm³/mol. The molecule has 0 aromatic carbocycles. The molecule has 0 bridgehead atoms.